The molecule has 0 aliphatic rings. The van der Waals surface area contributed by atoms with Gasteiger partial charge in [-0.05, 0) is 12.1 Å². The zero-order valence-corrected chi connectivity index (χ0v) is 11.6. The highest BCUT2D eigenvalue weighted by Crippen LogP contribution is 2.15. The first-order chi connectivity index (χ1) is 7.85. The maximum atomic E-state index is 11.9. The second-order valence-electron chi connectivity index (χ2n) is 4.77. The molecule has 90 valence electrons. The molecule has 0 atom stereocenters. The lowest BCUT2D eigenvalue weighted by Gasteiger charge is -2.24. The SMILES string of the molecule is C=C(C(=O)CC(C)=O)[Si](C)(C)c1ccccc1. The van der Waals surface area contributed by atoms with E-state index in [9.17, 15) is 9.59 Å². The van der Waals surface area contributed by atoms with Gasteiger partial charge in [-0.15, -0.1) is 0 Å². The summed E-state index contributed by atoms with van der Waals surface area (Å²) in [6.07, 6.45) is -0.0257. The van der Waals surface area contributed by atoms with Crippen LogP contribution >= 0.6 is 0 Å². The van der Waals surface area contributed by atoms with Crippen molar-refractivity contribution in [2.75, 3.05) is 0 Å². The van der Waals surface area contributed by atoms with Crippen molar-refractivity contribution in [3.63, 3.8) is 0 Å². The van der Waals surface area contributed by atoms with Gasteiger partial charge in [0.25, 0.3) is 0 Å². The molecule has 2 nitrogen and oxygen atoms in total. The van der Waals surface area contributed by atoms with E-state index < -0.39 is 8.07 Å². The molecule has 1 aromatic rings. The van der Waals surface area contributed by atoms with Crippen molar-refractivity contribution in [2.24, 2.45) is 0 Å². The van der Waals surface area contributed by atoms with Crippen molar-refractivity contribution < 1.29 is 9.59 Å². The number of benzene rings is 1. The molecule has 0 bridgehead atoms. The van der Waals surface area contributed by atoms with Crippen molar-refractivity contribution in [2.45, 2.75) is 26.4 Å². The van der Waals surface area contributed by atoms with Gasteiger partial charge in [-0.3, -0.25) is 9.59 Å². The van der Waals surface area contributed by atoms with Crippen LogP contribution in [0.4, 0.5) is 0 Å². The van der Waals surface area contributed by atoms with Gasteiger partial charge >= 0.3 is 0 Å². The maximum absolute atomic E-state index is 11.9. The zero-order valence-electron chi connectivity index (χ0n) is 10.6. The van der Waals surface area contributed by atoms with Gasteiger partial charge in [0.15, 0.2) is 5.78 Å². The summed E-state index contributed by atoms with van der Waals surface area (Å²) in [6, 6.07) is 9.94. The van der Waals surface area contributed by atoms with Gasteiger partial charge < -0.3 is 0 Å². The Morgan fingerprint density at radius 2 is 1.71 bits per heavy atom. The predicted octanol–water partition coefficient (Wildman–Crippen LogP) is 2.25. The van der Waals surface area contributed by atoms with Crippen LogP contribution in [0, 0.1) is 0 Å². The van der Waals surface area contributed by atoms with E-state index in [0.29, 0.717) is 5.20 Å². The third-order valence-corrected chi connectivity index (χ3v) is 6.56. The van der Waals surface area contributed by atoms with Crippen molar-refractivity contribution in [1.29, 1.82) is 0 Å². The molecule has 0 aliphatic carbocycles. The van der Waals surface area contributed by atoms with Crippen LogP contribution in [-0.2, 0) is 9.59 Å². The fraction of sp³-hybridized carbons (Fsp3) is 0.286. The summed E-state index contributed by atoms with van der Waals surface area (Å²) in [4.78, 5) is 22.9. The quantitative estimate of drug-likeness (QED) is 0.453. The first-order valence-corrected chi connectivity index (χ1v) is 8.63. The Labute approximate surface area is 103 Å². The zero-order chi connectivity index (χ0) is 13.1. The molecule has 0 unspecified atom stereocenters. The summed E-state index contributed by atoms with van der Waals surface area (Å²) in [6.45, 7) is 9.52. The van der Waals surface area contributed by atoms with Crippen molar-refractivity contribution in [3.05, 3.63) is 42.1 Å². The molecule has 0 N–H and O–H groups in total. The van der Waals surface area contributed by atoms with Crippen LogP contribution in [0.25, 0.3) is 0 Å². The lowest BCUT2D eigenvalue weighted by Crippen LogP contribution is -2.46. The summed E-state index contributed by atoms with van der Waals surface area (Å²) >= 11 is 0. The van der Waals surface area contributed by atoms with Crippen molar-refractivity contribution >= 4 is 24.8 Å². The van der Waals surface area contributed by atoms with E-state index in [1.165, 1.54) is 12.1 Å². The first kappa shape index (κ1) is 13.6. The van der Waals surface area contributed by atoms with Crippen LogP contribution in [0.5, 0.6) is 0 Å². The molecule has 0 aliphatic heterocycles. The normalized spacial score (nSPS) is 11.0. The number of allylic oxidation sites excluding steroid dienone is 1. The Morgan fingerprint density at radius 3 is 2.18 bits per heavy atom. The van der Waals surface area contributed by atoms with Gasteiger partial charge in [0, 0.05) is 0 Å². The number of rotatable bonds is 5. The molecule has 0 heterocycles. The summed E-state index contributed by atoms with van der Waals surface area (Å²) in [5, 5.41) is 1.79. The Kier molecular flexibility index (Phi) is 4.18. The largest absolute Gasteiger partial charge is 0.300 e. The third-order valence-electron chi connectivity index (χ3n) is 3.00. The van der Waals surface area contributed by atoms with E-state index in [1.807, 2.05) is 30.3 Å². The van der Waals surface area contributed by atoms with Gasteiger partial charge in [-0.1, -0.05) is 55.2 Å². The molecular weight excluding hydrogens is 228 g/mol. The van der Waals surface area contributed by atoms with Gasteiger partial charge in [0.05, 0.1) is 6.42 Å². The molecule has 0 aromatic heterocycles. The second-order valence-corrected chi connectivity index (χ2v) is 9.20. The minimum atomic E-state index is -2.01. The lowest BCUT2D eigenvalue weighted by atomic mass is 10.2. The number of hydrogen-bond donors (Lipinski definition) is 0. The molecule has 1 aromatic carbocycles. The first-order valence-electron chi connectivity index (χ1n) is 5.63. The summed E-state index contributed by atoms with van der Waals surface area (Å²) in [5.74, 6) is -0.216. The van der Waals surface area contributed by atoms with E-state index >= 15 is 0 Å². The molecular formula is C14H18O2Si. The Morgan fingerprint density at radius 1 is 1.18 bits per heavy atom. The van der Waals surface area contributed by atoms with Crippen LogP contribution < -0.4 is 5.19 Å². The van der Waals surface area contributed by atoms with E-state index in [-0.39, 0.29) is 18.0 Å². The molecule has 1 rings (SSSR count). The average Bonchev–Trinajstić information content (AvgIpc) is 2.28. The summed E-state index contributed by atoms with van der Waals surface area (Å²) in [7, 11) is -2.01. The summed E-state index contributed by atoms with van der Waals surface area (Å²) in [5.41, 5.74) is 0. The highest BCUT2D eigenvalue weighted by atomic mass is 28.3. The molecule has 3 heteroatoms. The van der Waals surface area contributed by atoms with E-state index in [4.69, 9.17) is 0 Å². The van der Waals surface area contributed by atoms with E-state index in [1.54, 1.807) is 0 Å². The van der Waals surface area contributed by atoms with E-state index in [2.05, 4.69) is 19.7 Å². The molecule has 0 saturated heterocycles. The fourth-order valence-electron chi connectivity index (χ4n) is 1.71. The van der Waals surface area contributed by atoms with Crippen LogP contribution in [0.2, 0.25) is 13.1 Å². The van der Waals surface area contributed by atoms with Gasteiger partial charge in [0.1, 0.15) is 13.9 Å². The highest BCUT2D eigenvalue weighted by molar-refractivity contribution is 6.98. The Bertz CT molecular complexity index is 447. The number of Topliss-reactive ketones (excluding diaryl/α,β-unsaturated/α-hetero) is 2. The third kappa shape index (κ3) is 3.23. The maximum Gasteiger partial charge on any atom is 0.162 e. The standard InChI is InChI=1S/C14H18O2Si/c1-11(15)10-14(16)12(2)17(3,4)13-8-6-5-7-9-13/h5-9H,2,10H2,1,3-4H3. The molecule has 0 fully saturated rings. The van der Waals surface area contributed by atoms with Gasteiger partial charge in [-0.25, -0.2) is 0 Å². The fourth-order valence-corrected chi connectivity index (χ4v) is 3.87. The van der Waals surface area contributed by atoms with Crippen LogP contribution in [0.3, 0.4) is 0 Å². The number of carbonyl (C=O) groups excluding carboxylic acids is 2. The second kappa shape index (κ2) is 5.23. The topological polar surface area (TPSA) is 34.1 Å². The van der Waals surface area contributed by atoms with Crippen LogP contribution in [0.15, 0.2) is 42.1 Å². The number of carbonyl (C=O) groups is 2. The van der Waals surface area contributed by atoms with E-state index in [0.717, 1.165) is 0 Å². The lowest BCUT2D eigenvalue weighted by molar-refractivity contribution is -0.123. The van der Waals surface area contributed by atoms with Crippen molar-refractivity contribution in [3.8, 4) is 0 Å². The highest BCUT2D eigenvalue weighted by Gasteiger charge is 2.31. The molecule has 17 heavy (non-hydrogen) atoms. The van der Waals surface area contributed by atoms with Gasteiger partial charge in [-0.2, -0.15) is 0 Å². The smallest absolute Gasteiger partial charge is 0.162 e. The number of ketones is 2. The predicted molar refractivity (Wildman–Crippen MR) is 73.0 cm³/mol. The van der Waals surface area contributed by atoms with Crippen LogP contribution in [-0.4, -0.2) is 19.6 Å². The summed E-state index contributed by atoms with van der Waals surface area (Å²) < 4.78 is 0. The van der Waals surface area contributed by atoms with Crippen molar-refractivity contribution in [1.82, 2.24) is 0 Å². The molecule has 0 radical (unpaired) electrons. The minimum Gasteiger partial charge on any atom is -0.300 e. The monoisotopic (exact) mass is 246 g/mol. The minimum absolute atomic E-state index is 0.0257. The van der Waals surface area contributed by atoms with Crippen LogP contribution in [0.1, 0.15) is 13.3 Å². The Balaban J connectivity index is 2.95. The molecule has 0 spiro atoms. The number of hydrogen-bond acceptors (Lipinski definition) is 2. The molecule has 0 saturated carbocycles. The van der Waals surface area contributed by atoms with Gasteiger partial charge in [0.2, 0.25) is 0 Å². The Hall–Kier alpha value is -1.48. The average molecular weight is 246 g/mol. The molecule has 0 amide bonds.